The second-order valence-electron chi connectivity index (χ2n) is 5.00. The van der Waals surface area contributed by atoms with Crippen molar-refractivity contribution in [2.45, 2.75) is 13.5 Å². The molecule has 94 valence electrons. The maximum atomic E-state index is 4.64. The molecule has 0 aliphatic heterocycles. The van der Waals surface area contributed by atoms with E-state index in [1.165, 1.54) is 11.0 Å². The van der Waals surface area contributed by atoms with Crippen molar-refractivity contribution in [2.24, 2.45) is 0 Å². The van der Waals surface area contributed by atoms with Gasteiger partial charge in [0, 0.05) is 19.3 Å². The predicted octanol–water partition coefficient (Wildman–Crippen LogP) is 2.16. The van der Waals surface area contributed by atoms with Gasteiger partial charge in [0.05, 0.1) is 16.7 Å². The Kier molecular flexibility index (Phi) is 2.59. The van der Waals surface area contributed by atoms with Crippen LogP contribution in [0.15, 0.2) is 30.5 Å². The highest BCUT2D eigenvalue weighted by Crippen LogP contribution is 2.20. The summed E-state index contributed by atoms with van der Waals surface area (Å²) in [4.78, 5) is 6.83. The van der Waals surface area contributed by atoms with E-state index in [9.17, 15) is 0 Å². The fourth-order valence-corrected chi connectivity index (χ4v) is 2.38. The molecule has 0 atom stereocenters. The summed E-state index contributed by atoms with van der Waals surface area (Å²) in [6.45, 7) is 4.01. The second kappa shape index (κ2) is 4.14. The Morgan fingerprint density at radius 3 is 2.61 bits per heavy atom. The second-order valence-corrected chi connectivity index (χ2v) is 5.00. The summed E-state index contributed by atoms with van der Waals surface area (Å²) in [6, 6.07) is 8.47. The minimum atomic E-state index is 0.959. The molecule has 0 aliphatic carbocycles. The molecule has 4 nitrogen and oxygen atoms in total. The number of aromatic nitrogens is 3. The van der Waals surface area contributed by atoms with Crippen molar-refractivity contribution in [1.29, 1.82) is 0 Å². The first-order valence-corrected chi connectivity index (χ1v) is 6.24. The fraction of sp³-hybridized carbons (Fsp3) is 0.357. The van der Waals surface area contributed by atoms with Gasteiger partial charge in [-0.25, -0.2) is 4.98 Å². The zero-order valence-corrected chi connectivity index (χ0v) is 11.1. The summed E-state index contributed by atoms with van der Waals surface area (Å²) in [6.07, 6.45) is 2.10. The molecule has 0 amide bonds. The van der Waals surface area contributed by atoms with Crippen LogP contribution in [0.2, 0.25) is 0 Å². The Hall–Kier alpha value is -1.81. The average molecular weight is 242 g/mol. The summed E-state index contributed by atoms with van der Waals surface area (Å²) < 4.78 is 4.47. The molecule has 4 heteroatoms. The number of likely N-dealkylation sites (N-methyl/N-ethyl adjacent to an activating group) is 1. The fourth-order valence-electron chi connectivity index (χ4n) is 2.38. The van der Waals surface area contributed by atoms with Crippen LogP contribution in [0.1, 0.15) is 5.69 Å². The number of rotatable bonds is 3. The van der Waals surface area contributed by atoms with Gasteiger partial charge in [-0.2, -0.15) is 0 Å². The first kappa shape index (κ1) is 11.3. The molecule has 0 aliphatic rings. The third kappa shape index (κ3) is 1.69. The quantitative estimate of drug-likeness (QED) is 0.703. The standard InChI is InChI=1S/C14H18N4/c1-11-10-18-13-7-5-4-6-12(13)17(14(18)15-11)9-8-16(2)3/h4-7,10H,8-9H2,1-3H3. The number of hydrogen-bond acceptors (Lipinski definition) is 2. The highest BCUT2D eigenvalue weighted by atomic mass is 15.2. The van der Waals surface area contributed by atoms with Gasteiger partial charge in [0.25, 0.3) is 0 Å². The Morgan fingerprint density at radius 1 is 1.17 bits per heavy atom. The van der Waals surface area contributed by atoms with Crippen LogP contribution in [-0.2, 0) is 6.54 Å². The summed E-state index contributed by atoms with van der Waals surface area (Å²) in [5.74, 6) is 1.04. The number of para-hydroxylation sites is 2. The Bertz CT molecular complexity index is 690. The predicted molar refractivity (Wildman–Crippen MR) is 74.0 cm³/mol. The van der Waals surface area contributed by atoms with Crippen molar-refractivity contribution >= 4 is 16.8 Å². The summed E-state index contributed by atoms with van der Waals surface area (Å²) in [5.41, 5.74) is 3.54. The molecule has 2 heterocycles. The normalized spacial score (nSPS) is 12.0. The summed E-state index contributed by atoms with van der Waals surface area (Å²) >= 11 is 0. The van der Waals surface area contributed by atoms with Crippen molar-refractivity contribution in [3.05, 3.63) is 36.2 Å². The van der Waals surface area contributed by atoms with Gasteiger partial charge in [-0.05, 0) is 33.2 Å². The average Bonchev–Trinajstić information content (AvgIpc) is 2.82. The minimum absolute atomic E-state index is 0.959. The van der Waals surface area contributed by atoms with E-state index < -0.39 is 0 Å². The SMILES string of the molecule is Cc1cn2c3ccccc3n(CCN(C)C)c2n1. The van der Waals surface area contributed by atoms with Gasteiger partial charge in [-0.3, -0.25) is 4.40 Å². The molecule has 0 spiro atoms. The smallest absolute Gasteiger partial charge is 0.215 e. The largest absolute Gasteiger partial charge is 0.308 e. The summed E-state index contributed by atoms with van der Waals surface area (Å²) in [5, 5.41) is 0. The van der Waals surface area contributed by atoms with Crippen LogP contribution >= 0.6 is 0 Å². The Morgan fingerprint density at radius 2 is 1.89 bits per heavy atom. The number of imidazole rings is 2. The molecule has 0 saturated carbocycles. The number of aryl methyl sites for hydroxylation is 1. The van der Waals surface area contributed by atoms with Crippen LogP contribution < -0.4 is 0 Å². The van der Waals surface area contributed by atoms with E-state index in [1.807, 2.05) is 6.92 Å². The van der Waals surface area contributed by atoms with Gasteiger partial charge in [0.15, 0.2) is 0 Å². The Balaban J connectivity index is 2.23. The maximum absolute atomic E-state index is 4.64. The lowest BCUT2D eigenvalue weighted by atomic mass is 10.3. The maximum Gasteiger partial charge on any atom is 0.215 e. The molecule has 0 radical (unpaired) electrons. The molecule has 3 aromatic rings. The minimum Gasteiger partial charge on any atom is -0.308 e. The molecule has 2 aromatic heterocycles. The van der Waals surface area contributed by atoms with Crippen molar-refractivity contribution in [2.75, 3.05) is 20.6 Å². The number of fused-ring (bicyclic) bond motifs is 3. The third-order valence-corrected chi connectivity index (χ3v) is 3.25. The van der Waals surface area contributed by atoms with E-state index in [1.54, 1.807) is 0 Å². The van der Waals surface area contributed by atoms with Crippen LogP contribution in [0.5, 0.6) is 0 Å². The first-order chi connectivity index (χ1) is 8.66. The monoisotopic (exact) mass is 242 g/mol. The Labute approximate surface area is 106 Å². The highest BCUT2D eigenvalue weighted by Gasteiger charge is 2.11. The van der Waals surface area contributed by atoms with E-state index in [0.29, 0.717) is 0 Å². The van der Waals surface area contributed by atoms with E-state index in [0.717, 1.165) is 24.6 Å². The van der Waals surface area contributed by atoms with Crippen LogP contribution in [0.25, 0.3) is 16.8 Å². The van der Waals surface area contributed by atoms with Crippen molar-refractivity contribution in [3.8, 4) is 0 Å². The van der Waals surface area contributed by atoms with Crippen molar-refractivity contribution < 1.29 is 0 Å². The third-order valence-electron chi connectivity index (χ3n) is 3.25. The lowest BCUT2D eigenvalue weighted by molar-refractivity contribution is 0.388. The first-order valence-electron chi connectivity index (χ1n) is 6.24. The lowest BCUT2D eigenvalue weighted by Crippen LogP contribution is -2.18. The van der Waals surface area contributed by atoms with Crippen LogP contribution in [0, 0.1) is 6.92 Å². The highest BCUT2D eigenvalue weighted by molar-refractivity contribution is 5.80. The zero-order chi connectivity index (χ0) is 12.7. The van der Waals surface area contributed by atoms with Crippen LogP contribution in [0.4, 0.5) is 0 Å². The number of hydrogen-bond donors (Lipinski definition) is 0. The van der Waals surface area contributed by atoms with Crippen LogP contribution in [0.3, 0.4) is 0 Å². The van der Waals surface area contributed by atoms with Gasteiger partial charge in [-0.1, -0.05) is 12.1 Å². The lowest BCUT2D eigenvalue weighted by Gasteiger charge is -2.10. The van der Waals surface area contributed by atoms with Gasteiger partial charge in [0.1, 0.15) is 0 Å². The zero-order valence-electron chi connectivity index (χ0n) is 11.1. The van der Waals surface area contributed by atoms with E-state index >= 15 is 0 Å². The molecule has 0 N–H and O–H groups in total. The van der Waals surface area contributed by atoms with Gasteiger partial charge in [-0.15, -0.1) is 0 Å². The van der Waals surface area contributed by atoms with Crippen LogP contribution in [-0.4, -0.2) is 39.5 Å². The van der Waals surface area contributed by atoms with Crippen molar-refractivity contribution in [1.82, 2.24) is 18.9 Å². The molecular weight excluding hydrogens is 224 g/mol. The van der Waals surface area contributed by atoms with Crippen molar-refractivity contribution in [3.63, 3.8) is 0 Å². The van der Waals surface area contributed by atoms with Gasteiger partial charge >= 0.3 is 0 Å². The van der Waals surface area contributed by atoms with Gasteiger partial charge in [0.2, 0.25) is 5.78 Å². The molecule has 0 saturated heterocycles. The molecule has 0 fully saturated rings. The molecule has 1 aromatic carbocycles. The number of benzene rings is 1. The topological polar surface area (TPSA) is 25.5 Å². The molecule has 0 unspecified atom stereocenters. The molecular formula is C14H18N4. The van der Waals surface area contributed by atoms with E-state index in [2.05, 4.69) is 63.4 Å². The number of nitrogens with zero attached hydrogens (tertiary/aromatic N) is 4. The van der Waals surface area contributed by atoms with E-state index in [4.69, 9.17) is 0 Å². The molecule has 18 heavy (non-hydrogen) atoms. The summed E-state index contributed by atoms with van der Waals surface area (Å²) in [7, 11) is 4.19. The molecule has 0 bridgehead atoms. The molecule has 3 rings (SSSR count). The van der Waals surface area contributed by atoms with Gasteiger partial charge < -0.3 is 9.47 Å². The van der Waals surface area contributed by atoms with E-state index in [-0.39, 0.29) is 0 Å².